The maximum Gasteiger partial charge on any atom is 0.262 e. The summed E-state index contributed by atoms with van der Waals surface area (Å²) in [6, 6.07) is 6.40. The van der Waals surface area contributed by atoms with Gasteiger partial charge in [0.05, 0.1) is 11.9 Å². The second-order valence-corrected chi connectivity index (χ2v) is 7.80. The molecule has 0 N–H and O–H groups in total. The molecule has 24 heavy (non-hydrogen) atoms. The Morgan fingerprint density at radius 2 is 2.25 bits per heavy atom. The molecule has 1 aromatic carbocycles. The van der Waals surface area contributed by atoms with Crippen molar-refractivity contribution < 1.29 is 4.39 Å². The van der Waals surface area contributed by atoms with Gasteiger partial charge in [0.2, 0.25) is 0 Å². The Morgan fingerprint density at radius 3 is 3.04 bits per heavy atom. The Balaban J connectivity index is 1.86. The summed E-state index contributed by atoms with van der Waals surface area (Å²) >= 11 is 1.66. The highest BCUT2D eigenvalue weighted by Gasteiger charge is 2.24. The minimum Gasteiger partial charge on any atom is -0.292 e. The first-order chi connectivity index (χ1) is 11.5. The third kappa shape index (κ3) is 2.57. The molecule has 0 amide bonds. The van der Waals surface area contributed by atoms with Gasteiger partial charge in [-0.05, 0) is 55.4 Å². The summed E-state index contributed by atoms with van der Waals surface area (Å²) in [6.07, 6.45) is 3.12. The highest BCUT2D eigenvalue weighted by Crippen LogP contribution is 2.35. The lowest BCUT2D eigenvalue weighted by molar-refractivity contribution is 0.509. The number of halogens is 1. The van der Waals surface area contributed by atoms with Crippen LogP contribution in [0.4, 0.5) is 4.39 Å². The molecule has 3 aromatic rings. The molecule has 0 radical (unpaired) electrons. The molecule has 0 bridgehead atoms. The Kier molecular flexibility index (Phi) is 3.76. The number of rotatable bonds is 2. The first kappa shape index (κ1) is 15.5. The fourth-order valence-electron chi connectivity index (χ4n) is 3.53. The van der Waals surface area contributed by atoms with E-state index >= 15 is 0 Å². The zero-order valence-electron chi connectivity index (χ0n) is 13.8. The van der Waals surface area contributed by atoms with Gasteiger partial charge in [-0.1, -0.05) is 19.1 Å². The van der Waals surface area contributed by atoms with Crippen LogP contribution in [0.3, 0.4) is 0 Å². The Morgan fingerprint density at radius 1 is 1.42 bits per heavy atom. The molecule has 5 heteroatoms. The van der Waals surface area contributed by atoms with Crippen LogP contribution in [0, 0.1) is 18.7 Å². The molecular formula is C19H19FN2OS. The quantitative estimate of drug-likeness (QED) is 0.703. The van der Waals surface area contributed by atoms with Gasteiger partial charge < -0.3 is 0 Å². The molecule has 0 aliphatic heterocycles. The highest BCUT2D eigenvalue weighted by molar-refractivity contribution is 7.18. The first-order valence-corrected chi connectivity index (χ1v) is 9.10. The van der Waals surface area contributed by atoms with Gasteiger partial charge in [-0.25, -0.2) is 9.37 Å². The molecule has 124 valence electrons. The van der Waals surface area contributed by atoms with Crippen molar-refractivity contribution in [1.29, 1.82) is 0 Å². The van der Waals surface area contributed by atoms with Crippen LogP contribution in [0.15, 0.2) is 29.1 Å². The standard InChI is InChI=1S/C19H19FN2OS/c1-11-6-7-15-16(8-11)24-18-17(15)19(23)22(12(2)21-18)10-13-4-3-5-14(20)9-13/h3-5,9,11H,6-8,10H2,1-2H3. The average Bonchev–Trinajstić information content (AvgIpc) is 2.88. The normalized spacial score (nSPS) is 17.2. The number of nitrogens with zero attached hydrogens (tertiary/aromatic N) is 2. The van der Waals surface area contributed by atoms with Gasteiger partial charge in [-0.2, -0.15) is 0 Å². The lowest BCUT2D eigenvalue weighted by Gasteiger charge is -2.17. The van der Waals surface area contributed by atoms with E-state index in [2.05, 4.69) is 11.9 Å². The summed E-state index contributed by atoms with van der Waals surface area (Å²) in [4.78, 5) is 19.9. The van der Waals surface area contributed by atoms with E-state index in [1.165, 1.54) is 22.6 Å². The van der Waals surface area contributed by atoms with Gasteiger partial charge in [-0.3, -0.25) is 9.36 Å². The van der Waals surface area contributed by atoms with Crippen LogP contribution in [-0.4, -0.2) is 9.55 Å². The molecule has 4 rings (SSSR count). The summed E-state index contributed by atoms with van der Waals surface area (Å²) in [6.45, 7) is 4.46. The van der Waals surface area contributed by atoms with E-state index in [1.54, 1.807) is 22.0 Å². The Bertz CT molecular complexity index is 989. The van der Waals surface area contributed by atoms with E-state index < -0.39 is 0 Å². The van der Waals surface area contributed by atoms with E-state index in [-0.39, 0.29) is 11.4 Å². The van der Waals surface area contributed by atoms with Crippen molar-refractivity contribution in [3.63, 3.8) is 0 Å². The summed E-state index contributed by atoms with van der Waals surface area (Å²) < 4.78 is 15.1. The van der Waals surface area contributed by atoms with Crippen molar-refractivity contribution in [2.75, 3.05) is 0 Å². The van der Waals surface area contributed by atoms with Crippen molar-refractivity contribution in [1.82, 2.24) is 9.55 Å². The number of aryl methyl sites for hydroxylation is 2. The van der Waals surface area contributed by atoms with Crippen molar-refractivity contribution in [3.8, 4) is 0 Å². The van der Waals surface area contributed by atoms with E-state index in [0.29, 0.717) is 18.3 Å². The lowest BCUT2D eigenvalue weighted by Crippen LogP contribution is -2.25. The van der Waals surface area contributed by atoms with Crippen molar-refractivity contribution in [2.24, 2.45) is 5.92 Å². The van der Waals surface area contributed by atoms with Crippen LogP contribution < -0.4 is 5.56 Å². The van der Waals surface area contributed by atoms with E-state index in [1.807, 2.05) is 13.0 Å². The van der Waals surface area contributed by atoms with Crippen LogP contribution in [-0.2, 0) is 19.4 Å². The van der Waals surface area contributed by atoms with Crippen molar-refractivity contribution in [3.05, 3.63) is 62.3 Å². The van der Waals surface area contributed by atoms with Crippen LogP contribution in [0.25, 0.3) is 10.2 Å². The summed E-state index contributed by atoms with van der Waals surface area (Å²) in [5, 5.41) is 0.781. The molecule has 1 aliphatic carbocycles. The molecule has 0 fully saturated rings. The zero-order chi connectivity index (χ0) is 16.8. The minimum absolute atomic E-state index is 0.00816. The zero-order valence-corrected chi connectivity index (χ0v) is 14.6. The summed E-state index contributed by atoms with van der Waals surface area (Å²) in [5.41, 5.74) is 1.98. The summed E-state index contributed by atoms with van der Waals surface area (Å²) in [5.74, 6) is 1.07. The molecule has 2 aromatic heterocycles. The fraction of sp³-hybridized carbons (Fsp3) is 0.368. The number of hydrogen-bond acceptors (Lipinski definition) is 3. The molecule has 3 nitrogen and oxygen atoms in total. The monoisotopic (exact) mass is 342 g/mol. The molecule has 0 spiro atoms. The largest absolute Gasteiger partial charge is 0.292 e. The molecule has 1 atom stereocenters. The molecule has 0 saturated carbocycles. The second kappa shape index (κ2) is 5.81. The second-order valence-electron chi connectivity index (χ2n) is 6.71. The third-order valence-corrected chi connectivity index (χ3v) is 5.98. The van der Waals surface area contributed by atoms with E-state index in [0.717, 1.165) is 35.0 Å². The highest BCUT2D eigenvalue weighted by atomic mass is 32.1. The van der Waals surface area contributed by atoms with Gasteiger partial charge in [-0.15, -0.1) is 11.3 Å². The van der Waals surface area contributed by atoms with Gasteiger partial charge in [0.15, 0.2) is 0 Å². The lowest BCUT2D eigenvalue weighted by atomic mass is 9.89. The van der Waals surface area contributed by atoms with Crippen molar-refractivity contribution in [2.45, 2.75) is 39.7 Å². The topological polar surface area (TPSA) is 34.9 Å². The summed E-state index contributed by atoms with van der Waals surface area (Å²) in [7, 11) is 0. The number of hydrogen-bond donors (Lipinski definition) is 0. The maximum atomic E-state index is 13.4. The Labute approximate surface area is 143 Å². The van der Waals surface area contributed by atoms with Gasteiger partial charge in [0, 0.05) is 4.88 Å². The van der Waals surface area contributed by atoms with Crippen LogP contribution in [0.1, 0.15) is 35.2 Å². The predicted octanol–water partition coefficient (Wildman–Crippen LogP) is 4.08. The molecule has 0 saturated heterocycles. The smallest absolute Gasteiger partial charge is 0.262 e. The van der Waals surface area contributed by atoms with Gasteiger partial charge >= 0.3 is 0 Å². The van der Waals surface area contributed by atoms with E-state index in [4.69, 9.17) is 0 Å². The predicted molar refractivity (Wildman–Crippen MR) is 95.3 cm³/mol. The third-order valence-electron chi connectivity index (χ3n) is 4.84. The maximum absolute atomic E-state index is 13.4. The first-order valence-electron chi connectivity index (χ1n) is 8.29. The SMILES string of the molecule is Cc1nc2sc3c(c2c(=O)n1Cc1cccc(F)c1)CCC(C)C3. The molecular weight excluding hydrogens is 323 g/mol. The van der Waals surface area contributed by atoms with Crippen LogP contribution >= 0.6 is 11.3 Å². The average molecular weight is 342 g/mol. The molecule has 1 unspecified atom stereocenters. The number of benzene rings is 1. The Hall–Kier alpha value is -2.01. The molecule has 2 heterocycles. The van der Waals surface area contributed by atoms with Gasteiger partial charge in [0.25, 0.3) is 5.56 Å². The number of aromatic nitrogens is 2. The van der Waals surface area contributed by atoms with Crippen molar-refractivity contribution >= 4 is 21.6 Å². The number of fused-ring (bicyclic) bond motifs is 3. The number of thiophene rings is 1. The van der Waals surface area contributed by atoms with Crippen LogP contribution in [0.2, 0.25) is 0 Å². The minimum atomic E-state index is -0.283. The fourth-order valence-corrected chi connectivity index (χ4v) is 4.95. The molecule has 1 aliphatic rings. The van der Waals surface area contributed by atoms with Crippen LogP contribution in [0.5, 0.6) is 0 Å². The van der Waals surface area contributed by atoms with Gasteiger partial charge in [0.1, 0.15) is 16.5 Å². The van der Waals surface area contributed by atoms with E-state index in [9.17, 15) is 9.18 Å².